The minimum absolute atomic E-state index is 0.196. The predicted molar refractivity (Wildman–Crippen MR) is 165 cm³/mol. The van der Waals surface area contributed by atoms with E-state index >= 15 is 0 Å². The molecular weight excluding hydrogens is 596 g/mol. The van der Waals surface area contributed by atoms with Crippen LogP contribution < -0.4 is 0 Å². The maximum absolute atomic E-state index is 13.2. The van der Waals surface area contributed by atoms with Gasteiger partial charge in [-0.2, -0.15) is 13.2 Å². The Balaban J connectivity index is 1.42. The van der Waals surface area contributed by atoms with Gasteiger partial charge in [-0.05, 0) is 64.2 Å². The highest BCUT2D eigenvalue weighted by Gasteiger charge is 2.30. The summed E-state index contributed by atoms with van der Waals surface area (Å²) >= 11 is 12.6. The van der Waals surface area contributed by atoms with Gasteiger partial charge in [0, 0.05) is 23.3 Å². The highest BCUT2D eigenvalue weighted by molar-refractivity contribution is 6.36. The molecule has 9 heteroatoms. The number of imidazole rings is 1. The molecule has 1 heterocycles. The summed E-state index contributed by atoms with van der Waals surface area (Å²) < 4.78 is 46.2. The first-order valence-electron chi connectivity index (χ1n) is 13.2. The number of esters is 1. The van der Waals surface area contributed by atoms with Gasteiger partial charge in [0.2, 0.25) is 0 Å². The van der Waals surface area contributed by atoms with Crippen molar-refractivity contribution >= 4 is 41.3 Å². The number of benzene rings is 4. The molecule has 0 fully saturated rings. The number of nitrogens with zero attached hydrogens (tertiary/aromatic N) is 2. The lowest BCUT2D eigenvalue weighted by atomic mass is 10.0. The molecule has 0 aliphatic heterocycles. The van der Waals surface area contributed by atoms with Crippen LogP contribution in [0.3, 0.4) is 0 Å². The maximum atomic E-state index is 13.2. The molecule has 1 aromatic heterocycles. The van der Waals surface area contributed by atoms with Gasteiger partial charge >= 0.3 is 12.1 Å². The number of carbonyl (C=O) groups excluding carboxylic acids is 1. The molecule has 0 aliphatic rings. The first kappa shape index (κ1) is 30.1. The van der Waals surface area contributed by atoms with Crippen LogP contribution in [-0.4, -0.2) is 22.6 Å². The van der Waals surface area contributed by atoms with Gasteiger partial charge in [-0.25, -0.2) is 4.98 Å². The molecule has 4 nitrogen and oxygen atoms in total. The van der Waals surface area contributed by atoms with Crippen LogP contribution in [-0.2, 0) is 28.7 Å². The summed E-state index contributed by atoms with van der Waals surface area (Å²) in [6, 6.07) is 25.5. The average Bonchev–Trinajstić information content (AvgIpc) is 3.38. The van der Waals surface area contributed by atoms with E-state index in [9.17, 15) is 18.0 Å². The average molecular weight is 621 g/mol. The molecule has 0 aliphatic carbocycles. The van der Waals surface area contributed by atoms with Crippen LogP contribution in [0.4, 0.5) is 13.2 Å². The van der Waals surface area contributed by atoms with Crippen LogP contribution in [0, 0.1) is 0 Å². The van der Waals surface area contributed by atoms with Crippen molar-refractivity contribution in [3.8, 4) is 22.4 Å². The Bertz CT molecular complexity index is 1780. The number of alkyl halides is 3. The summed E-state index contributed by atoms with van der Waals surface area (Å²) in [7, 11) is 1.36. The van der Waals surface area contributed by atoms with E-state index in [2.05, 4.69) is 0 Å². The molecule has 0 amide bonds. The second-order valence-electron chi connectivity index (χ2n) is 9.84. The Hall–Kier alpha value is -4.33. The van der Waals surface area contributed by atoms with Crippen molar-refractivity contribution in [3.05, 3.63) is 135 Å². The molecule has 0 unspecified atom stereocenters. The first-order valence-corrected chi connectivity index (χ1v) is 14.0. The summed E-state index contributed by atoms with van der Waals surface area (Å²) in [5, 5.41) is 0.999. The molecule has 0 saturated heterocycles. The zero-order chi connectivity index (χ0) is 30.6. The van der Waals surface area contributed by atoms with E-state index in [0.29, 0.717) is 39.2 Å². The number of rotatable bonds is 8. The molecule has 5 aromatic rings. The van der Waals surface area contributed by atoms with E-state index in [1.54, 1.807) is 30.3 Å². The fourth-order valence-electron chi connectivity index (χ4n) is 4.55. The van der Waals surface area contributed by atoms with Crippen LogP contribution in [0.25, 0.3) is 34.5 Å². The van der Waals surface area contributed by atoms with Gasteiger partial charge in [-0.3, -0.25) is 4.79 Å². The summed E-state index contributed by atoms with van der Waals surface area (Å²) in [5.74, 6) is 0.365. The van der Waals surface area contributed by atoms with Crippen molar-refractivity contribution < 1.29 is 22.7 Å². The molecular formula is C34H25Cl2F3N2O2. The Morgan fingerprint density at radius 1 is 0.884 bits per heavy atom. The predicted octanol–water partition coefficient (Wildman–Crippen LogP) is 9.48. The quantitative estimate of drug-likeness (QED) is 0.162. The molecule has 4 aromatic carbocycles. The van der Waals surface area contributed by atoms with E-state index in [4.69, 9.17) is 32.9 Å². The number of aromatic nitrogens is 2. The van der Waals surface area contributed by atoms with Crippen molar-refractivity contribution in [2.75, 3.05) is 7.11 Å². The van der Waals surface area contributed by atoms with Crippen molar-refractivity contribution in [2.45, 2.75) is 19.1 Å². The lowest BCUT2D eigenvalue weighted by Crippen LogP contribution is -2.05. The van der Waals surface area contributed by atoms with E-state index in [1.165, 1.54) is 13.2 Å². The van der Waals surface area contributed by atoms with Crippen molar-refractivity contribution in [3.63, 3.8) is 0 Å². The van der Waals surface area contributed by atoms with Crippen LogP contribution in [0.1, 0.15) is 28.1 Å². The molecule has 0 atom stereocenters. The molecule has 218 valence electrons. The molecule has 5 rings (SSSR count). The number of halogens is 5. The fourth-order valence-corrected chi connectivity index (χ4v) is 5.05. The van der Waals surface area contributed by atoms with E-state index in [0.717, 1.165) is 34.4 Å². The third kappa shape index (κ3) is 7.55. The number of hydrogen-bond acceptors (Lipinski definition) is 3. The molecule has 43 heavy (non-hydrogen) atoms. The van der Waals surface area contributed by atoms with Crippen LogP contribution >= 0.6 is 23.2 Å². The summed E-state index contributed by atoms with van der Waals surface area (Å²) in [6.45, 7) is 0.505. The molecule has 0 saturated carbocycles. The normalized spacial score (nSPS) is 11.7. The van der Waals surface area contributed by atoms with E-state index < -0.39 is 11.7 Å². The van der Waals surface area contributed by atoms with E-state index in [-0.39, 0.29) is 12.4 Å². The Morgan fingerprint density at radius 2 is 1.60 bits per heavy atom. The molecule has 0 N–H and O–H groups in total. The summed E-state index contributed by atoms with van der Waals surface area (Å²) in [6.07, 6.45) is 1.47. The van der Waals surface area contributed by atoms with Crippen LogP contribution in [0.2, 0.25) is 10.0 Å². The standard InChI is InChI=1S/C34H25Cl2F3N2O2/c1-43-33(42)17-23-5-7-24(8-6-23)20-41-21-31(29-15-14-28(35)19-30(29)36)40-32(41)16-11-22-9-12-25(13-10-22)26-3-2-4-27(18-26)34(37,38)39/h2-16,18-19,21H,17,20H2,1H3/b16-11+. The topological polar surface area (TPSA) is 44.1 Å². The van der Waals surface area contributed by atoms with Gasteiger partial charge in [0.1, 0.15) is 5.82 Å². The third-order valence-electron chi connectivity index (χ3n) is 6.83. The van der Waals surface area contributed by atoms with Crippen LogP contribution in [0.5, 0.6) is 0 Å². The zero-order valence-corrected chi connectivity index (χ0v) is 24.4. The number of carbonyl (C=O) groups is 1. The van der Waals surface area contributed by atoms with Gasteiger partial charge in [-0.15, -0.1) is 0 Å². The molecule has 0 radical (unpaired) electrons. The highest BCUT2D eigenvalue weighted by Crippen LogP contribution is 2.33. The molecule has 0 spiro atoms. The number of hydrogen-bond donors (Lipinski definition) is 0. The SMILES string of the molecule is COC(=O)Cc1ccc(Cn2cc(-c3ccc(Cl)cc3Cl)nc2/C=C/c2ccc(-c3cccc(C(F)(F)F)c3)cc2)cc1. The largest absolute Gasteiger partial charge is 0.469 e. The first-order chi connectivity index (χ1) is 20.6. The van der Waals surface area contributed by atoms with Gasteiger partial charge in [0.05, 0.1) is 29.8 Å². The summed E-state index contributed by atoms with van der Waals surface area (Å²) in [5.41, 5.74) is 4.59. The zero-order valence-electron chi connectivity index (χ0n) is 22.9. The van der Waals surface area contributed by atoms with Gasteiger partial charge in [0.15, 0.2) is 0 Å². The van der Waals surface area contributed by atoms with Crippen molar-refractivity contribution in [2.24, 2.45) is 0 Å². The molecule has 0 bridgehead atoms. The van der Waals surface area contributed by atoms with Crippen molar-refractivity contribution in [1.29, 1.82) is 0 Å². The minimum atomic E-state index is -4.40. The summed E-state index contributed by atoms with van der Waals surface area (Å²) in [4.78, 5) is 16.4. The lowest BCUT2D eigenvalue weighted by molar-refractivity contribution is -0.140. The Kier molecular flexibility index (Phi) is 9.04. The van der Waals surface area contributed by atoms with Crippen molar-refractivity contribution in [1.82, 2.24) is 9.55 Å². The second-order valence-corrected chi connectivity index (χ2v) is 10.7. The van der Waals surface area contributed by atoms with E-state index in [1.807, 2.05) is 65.4 Å². The third-order valence-corrected chi connectivity index (χ3v) is 7.37. The highest BCUT2D eigenvalue weighted by atomic mass is 35.5. The Morgan fingerprint density at radius 3 is 2.28 bits per heavy atom. The fraction of sp³-hybridized carbons (Fsp3) is 0.118. The smallest absolute Gasteiger partial charge is 0.416 e. The maximum Gasteiger partial charge on any atom is 0.416 e. The Labute approximate surface area is 257 Å². The van der Waals surface area contributed by atoms with Gasteiger partial charge < -0.3 is 9.30 Å². The monoisotopic (exact) mass is 620 g/mol. The number of ether oxygens (including phenoxy) is 1. The second kappa shape index (κ2) is 12.9. The minimum Gasteiger partial charge on any atom is -0.469 e. The number of methoxy groups -OCH3 is 1. The van der Waals surface area contributed by atoms with Gasteiger partial charge in [-0.1, -0.05) is 89.9 Å². The lowest BCUT2D eigenvalue weighted by Gasteiger charge is -2.09. The van der Waals surface area contributed by atoms with Crippen LogP contribution in [0.15, 0.2) is 97.2 Å². The van der Waals surface area contributed by atoms with Gasteiger partial charge in [0.25, 0.3) is 0 Å².